The molecule has 2 aromatic heterocycles. The Labute approximate surface area is 203 Å². The molecule has 0 atom stereocenters. The van der Waals surface area contributed by atoms with Gasteiger partial charge >= 0.3 is 0 Å². The second-order valence-electron chi connectivity index (χ2n) is 9.27. The van der Waals surface area contributed by atoms with Gasteiger partial charge in [-0.2, -0.15) is 0 Å². The van der Waals surface area contributed by atoms with Gasteiger partial charge in [-0.25, -0.2) is 9.97 Å². The van der Waals surface area contributed by atoms with E-state index in [2.05, 4.69) is 70.5 Å². The van der Waals surface area contributed by atoms with Crippen LogP contribution in [-0.4, -0.2) is 40.8 Å². The number of hydrogen-bond donors (Lipinski definition) is 1. The Balaban J connectivity index is 1.37. The molecule has 3 aromatic carbocycles. The van der Waals surface area contributed by atoms with Crippen LogP contribution in [0.15, 0.2) is 72.9 Å². The lowest BCUT2D eigenvalue weighted by molar-refractivity contribution is 0.171. The number of pyridine rings is 1. The van der Waals surface area contributed by atoms with Crippen LogP contribution in [0.4, 0.5) is 0 Å². The van der Waals surface area contributed by atoms with Gasteiger partial charge in [0.1, 0.15) is 24.6 Å². The molecule has 0 radical (unpaired) electrons. The number of aromatic nitrogens is 3. The second kappa shape index (κ2) is 8.40. The summed E-state index contributed by atoms with van der Waals surface area (Å²) in [6.07, 6.45) is 4.09. The molecule has 0 saturated carbocycles. The Morgan fingerprint density at radius 3 is 2.46 bits per heavy atom. The standard InChI is InChI=1S/C29H26N4O2/c1-2-4-20-15-21(6-5-19(20)3-1)23-16-25-29(31-18-23)33(24-9-11-30-12-10-24)28(32-25)22-7-8-26-27(17-22)35-14-13-34-26/h1-8,15-18,24,30H,9-14H2. The van der Waals surface area contributed by atoms with Crippen molar-refractivity contribution in [1.29, 1.82) is 0 Å². The molecule has 1 N–H and O–H groups in total. The summed E-state index contributed by atoms with van der Waals surface area (Å²) in [5.41, 5.74) is 5.10. The highest BCUT2D eigenvalue weighted by atomic mass is 16.6. The first-order valence-corrected chi connectivity index (χ1v) is 12.3. The summed E-state index contributed by atoms with van der Waals surface area (Å²) in [4.78, 5) is 10.1. The summed E-state index contributed by atoms with van der Waals surface area (Å²) in [7, 11) is 0. The van der Waals surface area contributed by atoms with Gasteiger partial charge in [0.25, 0.3) is 0 Å². The Morgan fingerprint density at radius 1 is 0.771 bits per heavy atom. The minimum atomic E-state index is 0.350. The third kappa shape index (κ3) is 3.61. The average Bonchev–Trinajstić information content (AvgIpc) is 3.32. The molecular formula is C29H26N4O2. The SMILES string of the molecule is c1ccc2cc(-c3cnc4c(c3)nc(-c3ccc5c(c3)OCCO5)n4C3CCNCC3)ccc2c1. The van der Waals surface area contributed by atoms with E-state index in [1.165, 1.54) is 10.8 Å². The highest BCUT2D eigenvalue weighted by molar-refractivity contribution is 5.89. The lowest BCUT2D eigenvalue weighted by Crippen LogP contribution is -2.29. The Kier molecular flexibility index (Phi) is 4.91. The van der Waals surface area contributed by atoms with E-state index in [1.54, 1.807) is 0 Å². The van der Waals surface area contributed by atoms with Crippen LogP contribution in [-0.2, 0) is 0 Å². The van der Waals surface area contributed by atoms with E-state index in [0.717, 1.165) is 71.1 Å². The number of benzene rings is 3. The van der Waals surface area contributed by atoms with Gasteiger partial charge in [0.2, 0.25) is 0 Å². The van der Waals surface area contributed by atoms with Crippen molar-refractivity contribution in [1.82, 2.24) is 19.9 Å². The topological polar surface area (TPSA) is 61.2 Å². The molecule has 6 heteroatoms. The van der Waals surface area contributed by atoms with Gasteiger partial charge in [-0.15, -0.1) is 0 Å². The molecule has 2 aliphatic rings. The van der Waals surface area contributed by atoms with Gasteiger partial charge in [0, 0.05) is 23.4 Å². The highest BCUT2D eigenvalue weighted by Crippen LogP contribution is 2.38. The summed E-state index contributed by atoms with van der Waals surface area (Å²) in [6, 6.07) is 23.6. The fourth-order valence-electron chi connectivity index (χ4n) is 5.31. The van der Waals surface area contributed by atoms with Crippen molar-refractivity contribution in [2.75, 3.05) is 26.3 Å². The molecule has 2 aliphatic heterocycles. The van der Waals surface area contributed by atoms with Crippen LogP contribution in [0.1, 0.15) is 18.9 Å². The monoisotopic (exact) mass is 462 g/mol. The predicted molar refractivity (Wildman–Crippen MR) is 138 cm³/mol. The third-order valence-electron chi connectivity index (χ3n) is 7.09. The molecule has 1 fully saturated rings. The van der Waals surface area contributed by atoms with Crippen LogP contribution >= 0.6 is 0 Å². The van der Waals surface area contributed by atoms with Crippen molar-refractivity contribution in [3.63, 3.8) is 0 Å². The van der Waals surface area contributed by atoms with Gasteiger partial charge in [-0.1, -0.05) is 36.4 Å². The fourth-order valence-corrected chi connectivity index (χ4v) is 5.31. The van der Waals surface area contributed by atoms with E-state index < -0.39 is 0 Å². The van der Waals surface area contributed by atoms with Crippen LogP contribution in [0.2, 0.25) is 0 Å². The van der Waals surface area contributed by atoms with Gasteiger partial charge < -0.3 is 19.4 Å². The maximum Gasteiger partial charge on any atom is 0.162 e. The largest absolute Gasteiger partial charge is 0.486 e. The number of rotatable bonds is 3. The zero-order chi connectivity index (χ0) is 23.2. The number of hydrogen-bond acceptors (Lipinski definition) is 5. The van der Waals surface area contributed by atoms with Crippen molar-refractivity contribution in [3.8, 4) is 34.0 Å². The number of nitrogens with one attached hydrogen (secondary N) is 1. The predicted octanol–water partition coefficient (Wildman–Crippen LogP) is 5.61. The van der Waals surface area contributed by atoms with Gasteiger partial charge in [-0.3, -0.25) is 0 Å². The first kappa shape index (κ1) is 20.5. The molecule has 6 nitrogen and oxygen atoms in total. The Morgan fingerprint density at radius 2 is 1.57 bits per heavy atom. The van der Waals surface area contributed by atoms with E-state index in [1.807, 2.05) is 12.3 Å². The van der Waals surface area contributed by atoms with Crippen molar-refractivity contribution in [2.45, 2.75) is 18.9 Å². The second-order valence-corrected chi connectivity index (χ2v) is 9.27. The molecule has 0 amide bonds. The fraction of sp³-hybridized carbons (Fsp3) is 0.241. The lowest BCUT2D eigenvalue weighted by Gasteiger charge is -2.26. The van der Waals surface area contributed by atoms with Crippen LogP contribution in [0.3, 0.4) is 0 Å². The van der Waals surface area contributed by atoms with Crippen LogP contribution in [0.5, 0.6) is 11.5 Å². The molecule has 0 bridgehead atoms. The molecular weight excluding hydrogens is 436 g/mol. The summed E-state index contributed by atoms with van der Waals surface area (Å²) < 4.78 is 14.0. The van der Waals surface area contributed by atoms with E-state index in [0.29, 0.717) is 19.3 Å². The van der Waals surface area contributed by atoms with E-state index in [-0.39, 0.29) is 0 Å². The molecule has 0 aliphatic carbocycles. The van der Waals surface area contributed by atoms with Crippen molar-refractivity contribution in [2.24, 2.45) is 0 Å². The molecule has 4 heterocycles. The van der Waals surface area contributed by atoms with E-state index in [9.17, 15) is 0 Å². The minimum Gasteiger partial charge on any atom is -0.486 e. The Bertz CT molecular complexity index is 1550. The van der Waals surface area contributed by atoms with Crippen LogP contribution in [0, 0.1) is 0 Å². The van der Waals surface area contributed by atoms with Gasteiger partial charge in [-0.05, 0) is 72.6 Å². The maximum absolute atomic E-state index is 5.87. The first-order chi connectivity index (χ1) is 17.3. The molecule has 0 unspecified atom stereocenters. The van der Waals surface area contributed by atoms with E-state index >= 15 is 0 Å². The first-order valence-electron chi connectivity index (χ1n) is 12.3. The zero-order valence-corrected chi connectivity index (χ0v) is 19.4. The molecule has 5 aromatic rings. The average molecular weight is 463 g/mol. The van der Waals surface area contributed by atoms with Crippen LogP contribution < -0.4 is 14.8 Å². The number of piperidine rings is 1. The van der Waals surface area contributed by atoms with Gasteiger partial charge in [0.05, 0.1) is 0 Å². The summed E-state index contributed by atoms with van der Waals surface area (Å²) in [5.74, 6) is 2.51. The minimum absolute atomic E-state index is 0.350. The van der Waals surface area contributed by atoms with Crippen molar-refractivity contribution in [3.05, 3.63) is 72.9 Å². The van der Waals surface area contributed by atoms with E-state index in [4.69, 9.17) is 19.4 Å². The number of nitrogens with zero attached hydrogens (tertiary/aromatic N) is 3. The molecule has 7 rings (SSSR count). The smallest absolute Gasteiger partial charge is 0.162 e. The molecule has 174 valence electrons. The lowest BCUT2D eigenvalue weighted by atomic mass is 10.0. The summed E-state index contributed by atoms with van der Waals surface area (Å²) >= 11 is 0. The normalized spacial score (nSPS) is 16.1. The number of ether oxygens (including phenoxy) is 2. The van der Waals surface area contributed by atoms with Gasteiger partial charge in [0.15, 0.2) is 17.1 Å². The third-order valence-corrected chi connectivity index (χ3v) is 7.09. The quantitative estimate of drug-likeness (QED) is 0.377. The maximum atomic E-state index is 5.87. The highest BCUT2D eigenvalue weighted by Gasteiger charge is 2.24. The molecule has 0 spiro atoms. The molecule has 35 heavy (non-hydrogen) atoms. The summed E-state index contributed by atoms with van der Waals surface area (Å²) in [6.45, 7) is 3.15. The van der Waals surface area contributed by atoms with Crippen molar-refractivity contribution < 1.29 is 9.47 Å². The zero-order valence-electron chi connectivity index (χ0n) is 19.4. The Hall–Kier alpha value is -3.90. The number of fused-ring (bicyclic) bond motifs is 3. The molecule has 1 saturated heterocycles. The van der Waals surface area contributed by atoms with Crippen LogP contribution in [0.25, 0.3) is 44.5 Å². The van der Waals surface area contributed by atoms with Crippen molar-refractivity contribution >= 4 is 21.9 Å². The number of imidazole rings is 1. The summed E-state index contributed by atoms with van der Waals surface area (Å²) in [5, 5.41) is 5.94.